The van der Waals surface area contributed by atoms with Gasteiger partial charge >= 0.3 is 0 Å². The fourth-order valence-corrected chi connectivity index (χ4v) is 2.53. The lowest BCUT2D eigenvalue weighted by Crippen LogP contribution is -2.41. The number of carboxylic acids is 1. The topological polar surface area (TPSA) is 112 Å². The summed E-state index contributed by atoms with van der Waals surface area (Å²) in [5, 5.41) is 24.2. The summed E-state index contributed by atoms with van der Waals surface area (Å²) in [4.78, 5) is 33.3. The van der Waals surface area contributed by atoms with Gasteiger partial charge in [-0.1, -0.05) is 23.8 Å². The molecule has 22 heavy (non-hydrogen) atoms. The SMILES string of the molecule is O=C([O-])[C@H]1CC=CC[C@H]1C(=O)Nc1ccc([N+](=O)[O-])cc1Cl. The molecule has 0 saturated carbocycles. The number of nitrogens with zero attached hydrogens (tertiary/aromatic N) is 1. The summed E-state index contributed by atoms with van der Waals surface area (Å²) < 4.78 is 0. The lowest BCUT2D eigenvalue weighted by molar-refractivity contribution is -0.384. The van der Waals surface area contributed by atoms with Crippen LogP contribution >= 0.6 is 11.6 Å². The third kappa shape index (κ3) is 3.43. The molecular weight excluding hydrogens is 312 g/mol. The number of carboxylic acid groups (broad SMARTS) is 1. The Hall–Kier alpha value is -2.41. The van der Waals surface area contributed by atoms with E-state index in [0.717, 1.165) is 6.07 Å². The number of nitro benzene ring substituents is 1. The van der Waals surface area contributed by atoms with E-state index in [4.69, 9.17) is 11.6 Å². The number of nitrogens with one attached hydrogen (secondary N) is 1. The van der Waals surface area contributed by atoms with Crippen LogP contribution in [0.25, 0.3) is 0 Å². The number of hydrogen-bond acceptors (Lipinski definition) is 5. The molecule has 1 amide bonds. The largest absolute Gasteiger partial charge is 0.550 e. The van der Waals surface area contributed by atoms with E-state index in [1.54, 1.807) is 12.2 Å². The van der Waals surface area contributed by atoms with E-state index < -0.39 is 28.6 Å². The lowest BCUT2D eigenvalue weighted by Gasteiger charge is -2.28. The van der Waals surface area contributed by atoms with Gasteiger partial charge in [0, 0.05) is 24.0 Å². The van der Waals surface area contributed by atoms with E-state index in [1.807, 2.05) is 0 Å². The van der Waals surface area contributed by atoms with Crippen molar-refractivity contribution in [2.45, 2.75) is 12.8 Å². The second-order valence-corrected chi connectivity index (χ2v) is 5.29. The Morgan fingerprint density at radius 3 is 2.41 bits per heavy atom. The van der Waals surface area contributed by atoms with Crippen LogP contribution in [0.5, 0.6) is 0 Å². The molecule has 1 aliphatic carbocycles. The minimum atomic E-state index is -1.28. The molecule has 0 spiro atoms. The van der Waals surface area contributed by atoms with Crippen LogP contribution in [0.4, 0.5) is 11.4 Å². The Morgan fingerprint density at radius 2 is 1.86 bits per heavy atom. The first kappa shape index (κ1) is 16.0. The molecular formula is C14H12ClN2O5-. The summed E-state index contributed by atoms with van der Waals surface area (Å²) in [5.41, 5.74) is 0.000119. The quantitative estimate of drug-likeness (QED) is 0.513. The highest BCUT2D eigenvalue weighted by Gasteiger charge is 2.30. The number of anilines is 1. The molecule has 0 bridgehead atoms. The number of aliphatic carboxylic acids is 1. The second-order valence-electron chi connectivity index (χ2n) is 4.89. The lowest BCUT2D eigenvalue weighted by atomic mass is 9.82. The van der Waals surface area contributed by atoms with Gasteiger partial charge in [-0.15, -0.1) is 0 Å². The van der Waals surface area contributed by atoms with Gasteiger partial charge in [0.1, 0.15) is 0 Å². The minimum Gasteiger partial charge on any atom is -0.550 e. The van der Waals surface area contributed by atoms with Crippen molar-refractivity contribution in [2.24, 2.45) is 11.8 Å². The molecule has 0 aliphatic heterocycles. The summed E-state index contributed by atoms with van der Waals surface area (Å²) in [6.07, 6.45) is 3.95. The van der Waals surface area contributed by atoms with Gasteiger partial charge in [-0.05, 0) is 18.9 Å². The Kier molecular flexibility index (Phi) is 4.77. The minimum absolute atomic E-state index is 0.0129. The number of carbonyl (C=O) groups is 2. The number of hydrogen-bond donors (Lipinski definition) is 1. The average molecular weight is 324 g/mol. The van der Waals surface area contributed by atoms with Crippen molar-refractivity contribution >= 4 is 34.9 Å². The Bertz CT molecular complexity index is 659. The number of non-ortho nitro benzene ring substituents is 1. The number of rotatable bonds is 4. The highest BCUT2D eigenvalue weighted by atomic mass is 35.5. The Labute approximate surface area is 130 Å². The van der Waals surface area contributed by atoms with Gasteiger partial charge in [-0.3, -0.25) is 14.9 Å². The van der Waals surface area contributed by atoms with Gasteiger partial charge in [0.2, 0.25) is 5.91 Å². The summed E-state index contributed by atoms with van der Waals surface area (Å²) in [6, 6.07) is 3.64. The fraction of sp³-hybridized carbons (Fsp3) is 0.286. The normalized spacial score (nSPS) is 20.4. The molecule has 1 N–H and O–H groups in total. The van der Waals surface area contributed by atoms with E-state index in [-0.39, 0.29) is 29.2 Å². The highest BCUT2D eigenvalue weighted by molar-refractivity contribution is 6.34. The van der Waals surface area contributed by atoms with Gasteiger partial charge in [0.25, 0.3) is 5.69 Å². The van der Waals surface area contributed by atoms with Crippen LogP contribution in [-0.2, 0) is 9.59 Å². The molecule has 2 atom stereocenters. The fourth-order valence-electron chi connectivity index (χ4n) is 2.31. The van der Waals surface area contributed by atoms with Crippen molar-refractivity contribution in [2.75, 3.05) is 5.32 Å². The molecule has 0 heterocycles. The van der Waals surface area contributed by atoms with Crippen molar-refractivity contribution in [3.63, 3.8) is 0 Å². The molecule has 7 nitrogen and oxygen atoms in total. The van der Waals surface area contributed by atoms with Gasteiger partial charge in [0.15, 0.2) is 0 Å². The maximum atomic E-state index is 12.2. The first-order valence-corrected chi connectivity index (χ1v) is 6.88. The number of amides is 1. The maximum Gasteiger partial charge on any atom is 0.271 e. The molecule has 0 aromatic heterocycles. The van der Waals surface area contributed by atoms with Crippen molar-refractivity contribution in [3.05, 3.63) is 45.5 Å². The molecule has 2 rings (SSSR count). The summed E-state index contributed by atoms with van der Waals surface area (Å²) in [6.45, 7) is 0. The zero-order valence-electron chi connectivity index (χ0n) is 11.3. The average Bonchev–Trinajstić information content (AvgIpc) is 2.48. The monoisotopic (exact) mass is 323 g/mol. The van der Waals surface area contributed by atoms with Gasteiger partial charge < -0.3 is 15.2 Å². The molecule has 8 heteroatoms. The van der Waals surface area contributed by atoms with E-state index in [0.29, 0.717) is 0 Å². The van der Waals surface area contributed by atoms with Gasteiger partial charge in [-0.2, -0.15) is 0 Å². The molecule has 0 radical (unpaired) electrons. The van der Waals surface area contributed by atoms with E-state index >= 15 is 0 Å². The Balaban J connectivity index is 2.16. The maximum absolute atomic E-state index is 12.2. The van der Waals surface area contributed by atoms with Crippen LogP contribution < -0.4 is 10.4 Å². The smallest absolute Gasteiger partial charge is 0.271 e. The van der Waals surface area contributed by atoms with Crippen LogP contribution in [-0.4, -0.2) is 16.8 Å². The third-order valence-corrected chi connectivity index (χ3v) is 3.81. The number of nitro groups is 1. The zero-order chi connectivity index (χ0) is 16.3. The van der Waals surface area contributed by atoms with Crippen molar-refractivity contribution in [1.82, 2.24) is 0 Å². The molecule has 1 aromatic rings. The number of carbonyl (C=O) groups excluding carboxylic acids is 2. The number of halogens is 1. The third-order valence-electron chi connectivity index (χ3n) is 3.49. The van der Waals surface area contributed by atoms with Crippen LogP contribution in [0.3, 0.4) is 0 Å². The molecule has 1 aromatic carbocycles. The van der Waals surface area contributed by atoms with E-state index in [2.05, 4.69) is 5.32 Å². The van der Waals surface area contributed by atoms with Crippen LogP contribution in [0.2, 0.25) is 5.02 Å². The van der Waals surface area contributed by atoms with Crippen LogP contribution in [0.1, 0.15) is 12.8 Å². The van der Waals surface area contributed by atoms with E-state index in [1.165, 1.54) is 12.1 Å². The molecule has 0 saturated heterocycles. The number of allylic oxidation sites excluding steroid dienone is 2. The summed E-state index contributed by atoms with van der Waals surface area (Å²) >= 11 is 5.89. The van der Waals surface area contributed by atoms with Crippen molar-refractivity contribution < 1.29 is 19.6 Å². The summed E-state index contributed by atoms with van der Waals surface area (Å²) in [7, 11) is 0. The second kappa shape index (κ2) is 6.57. The number of benzene rings is 1. The first-order chi connectivity index (χ1) is 10.4. The van der Waals surface area contributed by atoms with Crippen LogP contribution in [0, 0.1) is 22.0 Å². The van der Waals surface area contributed by atoms with Gasteiger partial charge in [-0.25, -0.2) is 0 Å². The van der Waals surface area contributed by atoms with Gasteiger partial charge in [0.05, 0.1) is 21.6 Å². The van der Waals surface area contributed by atoms with E-state index in [9.17, 15) is 24.8 Å². The highest BCUT2D eigenvalue weighted by Crippen LogP contribution is 2.30. The molecule has 0 unspecified atom stereocenters. The predicted molar refractivity (Wildman–Crippen MR) is 77.1 cm³/mol. The van der Waals surface area contributed by atoms with Crippen molar-refractivity contribution in [3.8, 4) is 0 Å². The molecule has 1 aliphatic rings. The predicted octanol–water partition coefficient (Wildman–Crippen LogP) is 1.52. The standard InChI is InChI=1S/C14H13ClN2O5/c15-11-7-8(17(21)22)5-6-12(11)16-13(18)9-3-1-2-4-10(9)14(19)20/h1-2,5-7,9-10H,3-4H2,(H,16,18)(H,19,20)/p-1/t9-,10+/m1/s1. The first-order valence-electron chi connectivity index (χ1n) is 6.51. The Morgan fingerprint density at radius 1 is 1.23 bits per heavy atom. The zero-order valence-corrected chi connectivity index (χ0v) is 12.1. The summed E-state index contributed by atoms with van der Waals surface area (Å²) in [5.74, 6) is -3.45. The molecule has 116 valence electrons. The molecule has 0 fully saturated rings. The van der Waals surface area contributed by atoms with Crippen LogP contribution in [0.15, 0.2) is 30.4 Å². The van der Waals surface area contributed by atoms with Crippen molar-refractivity contribution in [1.29, 1.82) is 0 Å².